The second kappa shape index (κ2) is 10.9. The van der Waals surface area contributed by atoms with Crippen LogP contribution >= 0.6 is 0 Å². The second-order valence-electron chi connectivity index (χ2n) is 9.44. The van der Waals surface area contributed by atoms with E-state index < -0.39 is 11.7 Å². The molecule has 2 fully saturated rings. The number of para-hydroxylation sites is 2. The van der Waals surface area contributed by atoms with Crippen LogP contribution in [0.25, 0.3) is 0 Å². The number of carbonyl (C=O) groups excluding carboxylic acids is 2. The number of hydrogen-bond donors (Lipinski definition) is 1. The van der Waals surface area contributed by atoms with Gasteiger partial charge in [-0.1, -0.05) is 54.6 Å². The van der Waals surface area contributed by atoms with Crippen LogP contribution in [-0.2, 0) is 22.7 Å². The summed E-state index contributed by atoms with van der Waals surface area (Å²) < 4.78 is 14.2. The molecule has 0 aliphatic carbocycles. The third kappa shape index (κ3) is 5.41. The molecule has 186 valence electrons. The predicted octanol–water partition coefficient (Wildman–Crippen LogP) is 3.82. The van der Waals surface area contributed by atoms with Crippen LogP contribution in [0, 0.1) is 11.7 Å². The van der Waals surface area contributed by atoms with E-state index >= 15 is 0 Å². The van der Waals surface area contributed by atoms with Crippen molar-refractivity contribution in [3.8, 4) is 0 Å². The summed E-state index contributed by atoms with van der Waals surface area (Å²) in [5, 5.41) is 3.02. The number of nitrogens with zero attached hydrogens (tertiary/aromatic N) is 3. The maximum atomic E-state index is 14.2. The third-order valence-corrected chi connectivity index (χ3v) is 7.10. The molecule has 1 atom stereocenters. The number of halogens is 1. The summed E-state index contributed by atoms with van der Waals surface area (Å²) in [4.78, 5) is 31.6. The van der Waals surface area contributed by atoms with Gasteiger partial charge in [-0.15, -0.1) is 0 Å². The van der Waals surface area contributed by atoms with E-state index in [1.807, 2.05) is 24.3 Å². The van der Waals surface area contributed by atoms with Crippen molar-refractivity contribution in [1.82, 2.24) is 10.2 Å². The summed E-state index contributed by atoms with van der Waals surface area (Å²) in [6.07, 6.45) is 0.0908. The van der Waals surface area contributed by atoms with Crippen LogP contribution in [0.15, 0.2) is 78.9 Å². The zero-order chi connectivity index (χ0) is 24.9. The lowest BCUT2D eigenvalue weighted by molar-refractivity contribution is -0.126. The molecule has 0 spiro atoms. The minimum Gasteiger partial charge on any atom is -0.369 e. The standard InChI is InChI=1S/C29H31FN4O2/c30-26-12-6-7-13-27(26)34-21-24(18-28(34)35)29(36)31-19-22-8-4-5-9-23(22)20-32-14-16-33(17-15-32)25-10-2-1-3-11-25/h1-13,24H,14-21H2,(H,31,36). The number of benzene rings is 3. The SMILES string of the molecule is O=C(NCc1ccccc1CN1CCN(c2ccccc2)CC1)C1CC(=O)N(c2ccccc2F)C1. The molecule has 0 bridgehead atoms. The van der Waals surface area contributed by atoms with Crippen molar-refractivity contribution in [3.05, 3.63) is 95.8 Å². The fourth-order valence-corrected chi connectivity index (χ4v) is 5.04. The Bertz CT molecular complexity index is 1210. The van der Waals surface area contributed by atoms with Gasteiger partial charge in [-0.05, 0) is 35.4 Å². The van der Waals surface area contributed by atoms with Crippen LogP contribution < -0.4 is 15.1 Å². The highest BCUT2D eigenvalue weighted by Gasteiger charge is 2.36. The molecular formula is C29H31FN4O2. The molecule has 2 heterocycles. The molecule has 0 aromatic heterocycles. The molecule has 36 heavy (non-hydrogen) atoms. The highest BCUT2D eigenvalue weighted by molar-refractivity contribution is 6.00. The molecule has 2 aliphatic heterocycles. The maximum absolute atomic E-state index is 14.2. The van der Waals surface area contributed by atoms with Crippen molar-refractivity contribution < 1.29 is 14.0 Å². The first kappa shape index (κ1) is 24.0. The number of piperazine rings is 1. The summed E-state index contributed by atoms with van der Waals surface area (Å²) in [7, 11) is 0. The lowest BCUT2D eigenvalue weighted by Crippen LogP contribution is -2.46. The Labute approximate surface area is 211 Å². The van der Waals surface area contributed by atoms with Gasteiger partial charge in [0.25, 0.3) is 0 Å². The quantitative estimate of drug-likeness (QED) is 0.552. The molecule has 2 amide bonds. The smallest absolute Gasteiger partial charge is 0.227 e. The molecule has 5 rings (SSSR count). The largest absolute Gasteiger partial charge is 0.369 e. The van der Waals surface area contributed by atoms with E-state index in [-0.39, 0.29) is 30.5 Å². The van der Waals surface area contributed by atoms with Crippen molar-refractivity contribution in [2.24, 2.45) is 5.92 Å². The normalized spacial score (nSPS) is 18.5. The Morgan fingerprint density at radius 1 is 0.861 bits per heavy atom. The first-order valence-electron chi connectivity index (χ1n) is 12.5. The molecule has 2 aliphatic rings. The fourth-order valence-electron chi connectivity index (χ4n) is 5.04. The van der Waals surface area contributed by atoms with E-state index in [9.17, 15) is 14.0 Å². The Kier molecular flexibility index (Phi) is 7.28. The lowest BCUT2D eigenvalue weighted by atomic mass is 10.0. The van der Waals surface area contributed by atoms with E-state index in [0.29, 0.717) is 6.54 Å². The van der Waals surface area contributed by atoms with Crippen LogP contribution in [0.4, 0.5) is 15.8 Å². The molecule has 1 unspecified atom stereocenters. The van der Waals surface area contributed by atoms with Gasteiger partial charge in [0.15, 0.2) is 0 Å². The van der Waals surface area contributed by atoms with Gasteiger partial charge in [-0.3, -0.25) is 14.5 Å². The van der Waals surface area contributed by atoms with Gasteiger partial charge in [0, 0.05) is 57.9 Å². The highest BCUT2D eigenvalue weighted by Crippen LogP contribution is 2.27. The topological polar surface area (TPSA) is 55.9 Å². The summed E-state index contributed by atoms with van der Waals surface area (Å²) in [6, 6.07) is 24.9. The second-order valence-corrected chi connectivity index (χ2v) is 9.44. The van der Waals surface area contributed by atoms with Gasteiger partial charge in [0.2, 0.25) is 11.8 Å². The summed E-state index contributed by atoms with van der Waals surface area (Å²) in [5.74, 6) is -1.34. The Morgan fingerprint density at radius 2 is 1.53 bits per heavy atom. The summed E-state index contributed by atoms with van der Waals surface area (Å²) in [6.45, 7) is 5.35. The molecule has 3 aromatic rings. The van der Waals surface area contributed by atoms with E-state index in [2.05, 4.69) is 45.4 Å². The Morgan fingerprint density at radius 3 is 2.28 bits per heavy atom. The molecule has 0 saturated carbocycles. The Hall–Kier alpha value is -3.71. The van der Waals surface area contributed by atoms with Gasteiger partial charge < -0.3 is 15.1 Å². The number of rotatable bonds is 7. The first-order chi connectivity index (χ1) is 17.6. The number of hydrogen-bond acceptors (Lipinski definition) is 4. The zero-order valence-electron chi connectivity index (χ0n) is 20.3. The lowest BCUT2D eigenvalue weighted by Gasteiger charge is -2.36. The van der Waals surface area contributed by atoms with Crippen molar-refractivity contribution in [3.63, 3.8) is 0 Å². The fraction of sp³-hybridized carbons (Fsp3) is 0.310. The Balaban J connectivity index is 1.15. The number of amides is 2. The van der Waals surface area contributed by atoms with Crippen LogP contribution in [0.1, 0.15) is 17.5 Å². The average molecular weight is 487 g/mol. The molecule has 2 saturated heterocycles. The van der Waals surface area contributed by atoms with Crippen LogP contribution in [0.2, 0.25) is 0 Å². The molecule has 3 aromatic carbocycles. The van der Waals surface area contributed by atoms with E-state index in [4.69, 9.17) is 0 Å². The van der Waals surface area contributed by atoms with Gasteiger partial charge in [0.05, 0.1) is 11.6 Å². The van der Waals surface area contributed by atoms with Crippen LogP contribution in [0.5, 0.6) is 0 Å². The van der Waals surface area contributed by atoms with Gasteiger partial charge >= 0.3 is 0 Å². The van der Waals surface area contributed by atoms with Crippen molar-refractivity contribution in [1.29, 1.82) is 0 Å². The van der Waals surface area contributed by atoms with Gasteiger partial charge in [-0.25, -0.2) is 4.39 Å². The van der Waals surface area contributed by atoms with Crippen molar-refractivity contribution in [2.75, 3.05) is 42.5 Å². The van der Waals surface area contributed by atoms with Gasteiger partial charge in [-0.2, -0.15) is 0 Å². The maximum Gasteiger partial charge on any atom is 0.227 e. The molecule has 0 radical (unpaired) electrons. The van der Waals surface area contributed by atoms with E-state index in [1.165, 1.54) is 22.2 Å². The minimum absolute atomic E-state index is 0.0908. The predicted molar refractivity (Wildman–Crippen MR) is 139 cm³/mol. The number of anilines is 2. The third-order valence-electron chi connectivity index (χ3n) is 7.10. The minimum atomic E-state index is -0.490. The van der Waals surface area contributed by atoms with Crippen molar-refractivity contribution >= 4 is 23.2 Å². The molecular weight excluding hydrogens is 455 g/mol. The van der Waals surface area contributed by atoms with Crippen molar-refractivity contribution in [2.45, 2.75) is 19.5 Å². The zero-order valence-corrected chi connectivity index (χ0v) is 20.3. The number of nitrogens with one attached hydrogen (secondary N) is 1. The number of carbonyl (C=O) groups is 2. The summed E-state index contributed by atoms with van der Waals surface area (Å²) >= 11 is 0. The monoisotopic (exact) mass is 486 g/mol. The van der Waals surface area contributed by atoms with Gasteiger partial charge in [0.1, 0.15) is 5.82 Å². The molecule has 1 N–H and O–H groups in total. The van der Waals surface area contributed by atoms with Crippen LogP contribution in [-0.4, -0.2) is 49.4 Å². The van der Waals surface area contributed by atoms with E-state index in [1.54, 1.807) is 18.2 Å². The average Bonchev–Trinajstić information content (AvgIpc) is 3.30. The molecule has 6 nitrogen and oxygen atoms in total. The van der Waals surface area contributed by atoms with E-state index in [0.717, 1.165) is 38.3 Å². The first-order valence-corrected chi connectivity index (χ1v) is 12.5. The summed E-state index contributed by atoms with van der Waals surface area (Å²) in [5.41, 5.74) is 3.77. The highest BCUT2D eigenvalue weighted by atomic mass is 19.1. The van der Waals surface area contributed by atoms with Crippen LogP contribution in [0.3, 0.4) is 0 Å². The molecule has 7 heteroatoms.